The molecule has 2 rings (SSSR count). The van der Waals surface area contributed by atoms with Crippen LogP contribution in [0.15, 0.2) is 40.8 Å². The smallest absolute Gasteiger partial charge is 0.319 e. The Balaban J connectivity index is 1.94. The van der Waals surface area contributed by atoms with Gasteiger partial charge in [0.1, 0.15) is 11.5 Å². The molecule has 110 valence electrons. The highest BCUT2D eigenvalue weighted by Crippen LogP contribution is 2.15. The Hall–Kier alpha value is -2.76. The summed E-state index contributed by atoms with van der Waals surface area (Å²) >= 11 is 0. The number of carbonyl (C=O) groups excluding carboxylic acids is 1. The average Bonchev–Trinajstić information content (AvgIpc) is 2.84. The number of benzene rings is 1. The van der Waals surface area contributed by atoms with E-state index < -0.39 is 12.0 Å². The van der Waals surface area contributed by atoms with E-state index in [4.69, 9.17) is 9.52 Å². The van der Waals surface area contributed by atoms with Gasteiger partial charge >= 0.3 is 12.0 Å². The van der Waals surface area contributed by atoms with Crippen LogP contribution in [0.1, 0.15) is 17.1 Å². The molecule has 0 aliphatic rings. The van der Waals surface area contributed by atoms with Crippen molar-refractivity contribution in [1.29, 1.82) is 0 Å². The molecule has 0 atom stereocenters. The third kappa shape index (κ3) is 4.38. The number of hydrogen-bond donors (Lipinski definition) is 3. The maximum atomic E-state index is 11.8. The van der Waals surface area contributed by atoms with Gasteiger partial charge in [0.15, 0.2) is 0 Å². The summed E-state index contributed by atoms with van der Waals surface area (Å²) in [5.41, 5.74) is 1.03. The molecule has 0 unspecified atom stereocenters. The predicted octanol–water partition coefficient (Wildman–Crippen LogP) is 2.54. The number of furan rings is 1. The summed E-state index contributed by atoms with van der Waals surface area (Å²) in [4.78, 5) is 22.6. The lowest BCUT2D eigenvalue weighted by Gasteiger charge is -2.10. The minimum Gasteiger partial charge on any atom is -0.481 e. The summed E-state index contributed by atoms with van der Waals surface area (Å²) in [6.07, 6.45) is -0.145. The molecular weight excluding hydrogens is 272 g/mol. The summed E-state index contributed by atoms with van der Waals surface area (Å²) in [5.74, 6) is 0.483. The van der Waals surface area contributed by atoms with Crippen molar-refractivity contribution in [2.24, 2.45) is 0 Å². The third-order valence-corrected chi connectivity index (χ3v) is 2.83. The first-order valence-corrected chi connectivity index (χ1v) is 6.44. The lowest BCUT2D eigenvalue weighted by atomic mass is 10.1. The van der Waals surface area contributed by atoms with E-state index in [1.54, 1.807) is 30.3 Å². The molecular formula is C15H16N2O4. The number of rotatable bonds is 5. The number of aliphatic carboxylic acids is 1. The number of carboxylic acids is 1. The minimum absolute atomic E-state index is 0.145. The number of aryl methyl sites for hydroxylation is 1. The number of urea groups is 1. The molecule has 0 bridgehead atoms. The Morgan fingerprint density at radius 2 is 1.95 bits per heavy atom. The van der Waals surface area contributed by atoms with Crippen molar-refractivity contribution < 1.29 is 19.1 Å². The highest BCUT2D eigenvalue weighted by molar-refractivity contribution is 5.90. The molecule has 0 saturated carbocycles. The molecule has 0 aliphatic heterocycles. The van der Waals surface area contributed by atoms with Gasteiger partial charge < -0.3 is 20.2 Å². The summed E-state index contributed by atoms with van der Waals surface area (Å²) in [6.45, 7) is 2.09. The van der Waals surface area contributed by atoms with Crippen molar-refractivity contribution >= 4 is 17.7 Å². The molecule has 6 heteroatoms. The Bertz CT molecular complexity index is 649. The summed E-state index contributed by atoms with van der Waals surface area (Å²) < 4.78 is 5.34. The highest BCUT2D eigenvalue weighted by Gasteiger charge is 2.09. The molecule has 6 nitrogen and oxygen atoms in total. The molecule has 2 amide bonds. The zero-order valence-electron chi connectivity index (χ0n) is 11.6. The fourth-order valence-corrected chi connectivity index (χ4v) is 1.87. The molecule has 1 aromatic heterocycles. The van der Waals surface area contributed by atoms with E-state index in [2.05, 4.69) is 10.6 Å². The number of para-hydroxylation sites is 1. The van der Waals surface area contributed by atoms with Crippen LogP contribution < -0.4 is 10.6 Å². The summed E-state index contributed by atoms with van der Waals surface area (Å²) in [7, 11) is 0. The number of carboxylic acid groups (broad SMARTS) is 1. The highest BCUT2D eigenvalue weighted by atomic mass is 16.4. The number of amides is 2. The Morgan fingerprint density at radius 1 is 1.19 bits per heavy atom. The van der Waals surface area contributed by atoms with E-state index in [-0.39, 0.29) is 13.0 Å². The molecule has 1 heterocycles. The fraction of sp³-hybridized carbons (Fsp3) is 0.200. The lowest BCUT2D eigenvalue weighted by Crippen LogP contribution is -2.28. The third-order valence-electron chi connectivity index (χ3n) is 2.83. The van der Waals surface area contributed by atoms with Crippen molar-refractivity contribution in [3.63, 3.8) is 0 Å². The molecule has 0 spiro atoms. The molecule has 1 aromatic carbocycles. The summed E-state index contributed by atoms with van der Waals surface area (Å²) in [5, 5.41) is 14.1. The van der Waals surface area contributed by atoms with Crippen LogP contribution in [-0.4, -0.2) is 17.1 Å². The van der Waals surface area contributed by atoms with Crippen LogP contribution in [0.4, 0.5) is 10.5 Å². The Morgan fingerprint density at radius 3 is 2.62 bits per heavy atom. The zero-order chi connectivity index (χ0) is 15.2. The Labute approximate surface area is 121 Å². The molecule has 21 heavy (non-hydrogen) atoms. The first-order chi connectivity index (χ1) is 10.0. The van der Waals surface area contributed by atoms with Crippen molar-refractivity contribution in [1.82, 2.24) is 5.32 Å². The van der Waals surface area contributed by atoms with Crippen LogP contribution in [0.25, 0.3) is 0 Å². The van der Waals surface area contributed by atoms with Gasteiger partial charge in [0.2, 0.25) is 0 Å². The quantitative estimate of drug-likeness (QED) is 0.788. The van der Waals surface area contributed by atoms with Gasteiger partial charge in [0, 0.05) is 5.69 Å². The van der Waals surface area contributed by atoms with E-state index in [0.717, 1.165) is 5.76 Å². The average molecular weight is 288 g/mol. The SMILES string of the molecule is Cc1ccc(CNC(=O)Nc2ccccc2CC(=O)O)o1. The number of nitrogens with one attached hydrogen (secondary N) is 2. The van der Waals surface area contributed by atoms with Crippen LogP contribution in [0.2, 0.25) is 0 Å². The second kappa shape index (κ2) is 6.60. The van der Waals surface area contributed by atoms with Crippen molar-refractivity contribution in [2.75, 3.05) is 5.32 Å². The molecule has 0 fully saturated rings. The van der Waals surface area contributed by atoms with E-state index in [1.165, 1.54) is 0 Å². The zero-order valence-corrected chi connectivity index (χ0v) is 11.6. The van der Waals surface area contributed by atoms with E-state index in [1.807, 2.05) is 13.0 Å². The first kappa shape index (κ1) is 14.6. The predicted molar refractivity (Wildman–Crippen MR) is 77.1 cm³/mol. The maximum Gasteiger partial charge on any atom is 0.319 e. The van der Waals surface area contributed by atoms with E-state index >= 15 is 0 Å². The van der Waals surface area contributed by atoms with Gasteiger partial charge in [0.05, 0.1) is 13.0 Å². The number of hydrogen-bond acceptors (Lipinski definition) is 3. The fourth-order valence-electron chi connectivity index (χ4n) is 1.87. The van der Waals surface area contributed by atoms with Gasteiger partial charge in [-0.05, 0) is 30.7 Å². The van der Waals surface area contributed by atoms with E-state index in [0.29, 0.717) is 17.0 Å². The minimum atomic E-state index is -0.948. The topological polar surface area (TPSA) is 91.6 Å². The van der Waals surface area contributed by atoms with Gasteiger partial charge in [-0.2, -0.15) is 0 Å². The Kier molecular flexibility index (Phi) is 4.61. The second-order valence-electron chi connectivity index (χ2n) is 4.55. The molecule has 0 radical (unpaired) electrons. The van der Waals surface area contributed by atoms with Crippen molar-refractivity contribution in [3.05, 3.63) is 53.5 Å². The van der Waals surface area contributed by atoms with Gasteiger partial charge in [-0.25, -0.2) is 4.79 Å². The summed E-state index contributed by atoms with van der Waals surface area (Å²) in [6, 6.07) is 9.98. The largest absolute Gasteiger partial charge is 0.481 e. The number of carbonyl (C=O) groups is 2. The maximum absolute atomic E-state index is 11.8. The van der Waals surface area contributed by atoms with Gasteiger partial charge in [0.25, 0.3) is 0 Å². The van der Waals surface area contributed by atoms with Gasteiger partial charge in [-0.3, -0.25) is 4.79 Å². The molecule has 0 aliphatic carbocycles. The van der Waals surface area contributed by atoms with E-state index in [9.17, 15) is 9.59 Å². The van der Waals surface area contributed by atoms with Crippen LogP contribution in [0, 0.1) is 6.92 Å². The second-order valence-corrected chi connectivity index (χ2v) is 4.55. The van der Waals surface area contributed by atoms with Crippen LogP contribution in [0.5, 0.6) is 0 Å². The van der Waals surface area contributed by atoms with Crippen LogP contribution in [0.3, 0.4) is 0 Å². The standard InChI is InChI=1S/C15H16N2O4/c1-10-6-7-12(21-10)9-16-15(20)17-13-5-3-2-4-11(13)8-14(18)19/h2-7H,8-9H2,1H3,(H,18,19)(H2,16,17,20). The van der Waals surface area contributed by atoms with Crippen LogP contribution in [-0.2, 0) is 17.8 Å². The molecule has 2 aromatic rings. The first-order valence-electron chi connectivity index (χ1n) is 6.44. The van der Waals surface area contributed by atoms with Gasteiger partial charge in [-0.1, -0.05) is 18.2 Å². The normalized spacial score (nSPS) is 10.1. The molecule has 0 saturated heterocycles. The van der Waals surface area contributed by atoms with Crippen molar-refractivity contribution in [2.45, 2.75) is 19.9 Å². The number of anilines is 1. The lowest BCUT2D eigenvalue weighted by molar-refractivity contribution is -0.136. The molecule has 3 N–H and O–H groups in total. The monoisotopic (exact) mass is 288 g/mol. The van der Waals surface area contributed by atoms with Gasteiger partial charge in [-0.15, -0.1) is 0 Å². The van der Waals surface area contributed by atoms with Crippen molar-refractivity contribution in [3.8, 4) is 0 Å². The van der Waals surface area contributed by atoms with Crippen LogP contribution >= 0.6 is 0 Å².